The smallest absolute Gasteiger partial charge is 0.351 e. The summed E-state index contributed by atoms with van der Waals surface area (Å²) in [6.07, 6.45) is 17.6. The quantitative estimate of drug-likeness (QED) is 0.0311. The van der Waals surface area contributed by atoms with Crippen LogP contribution in [-0.2, 0) is 47.4 Å². The summed E-state index contributed by atoms with van der Waals surface area (Å²) in [5.41, 5.74) is 9.32. The predicted octanol–water partition coefficient (Wildman–Crippen LogP) is 8.11. The van der Waals surface area contributed by atoms with Crippen molar-refractivity contribution in [2.24, 2.45) is 0 Å². The molecule has 624 valence electrons. The Kier molecular flexibility index (Phi) is 35.0. The molecule has 35 nitrogen and oxygen atoms in total. The summed E-state index contributed by atoms with van der Waals surface area (Å²) in [4.78, 5) is 110. The molecule has 0 amide bonds. The van der Waals surface area contributed by atoms with Crippen LogP contribution < -0.4 is 61.7 Å². The number of anilines is 4. The van der Waals surface area contributed by atoms with E-state index < -0.39 is 53.2 Å². The molecular formula is C73H108F2N18O17S3. The molecule has 6 aliphatic rings. The fraction of sp³-hybridized carbons (Fsp3) is 0.630. The summed E-state index contributed by atoms with van der Waals surface area (Å²) in [5.74, 6) is 1.15. The van der Waals surface area contributed by atoms with Crippen LogP contribution in [0.4, 0.5) is 32.1 Å². The van der Waals surface area contributed by atoms with E-state index in [-0.39, 0.29) is 124 Å². The van der Waals surface area contributed by atoms with E-state index in [9.17, 15) is 42.3 Å². The zero-order chi connectivity index (χ0) is 82.3. The van der Waals surface area contributed by atoms with Gasteiger partial charge in [0.15, 0.2) is 40.7 Å². The summed E-state index contributed by atoms with van der Waals surface area (Å²) < 4.78 is 92.2. The third-order valence-electron chi connectivity index (χ3n) is 17.0. The molecule has 0 aromatic carbocycles. The molecule has 6 unspecified atom stereocenters. The number of thioether (sulfide) groups is 3. The van der Waals surface area contributed by atoms with Crippen molar-refractivity contribution in [2.45, 2.75) is 251 Å². The van der Waals surface area contributed by atoms with Crippen molar-refractivity contribution in [3.63, 3.8) is 0 Å². The predicted molar refractivity (Wildman–Crippen MR) is 428 cm³/mol. The maximum Gasteiger partial charge on any atom is 0.351 e. The fourth-order valence-electron chi connectivity index (χ4n) is 11.4. The lowest BCUT2D eigenvalue weighted by atomic mass is 10.2. The number of nitrogens with one attached hydrogen (secondary N) is 4. The minimum absolute atomic E-state index is 0.00561. The van der Waals surface area contributed by atoms with Crippen molar-refractivity contribution >= 4 is 69.7 Å². The van der Waals surface area contributed by atoms with E-state index in [0.29, 0.717) is 60.5 Å². The van der Waals surface area contributed by atoms with Gasteiger partial charge in [-0.15, -0.1) is 35.3 Å². The molecule has 5 saturated heterocycles. The number of nitrogens with zero attached hydrogens (tertiary/aromatic N) is 12. The molecule has 8 N–H and O–H groups in total. The van der Waals surface area contributed by atoms with Gasteiger partial charge in [-0.2, -0.15) is 19.9 Å². The topological polar surface area (TPSA) is 426 Å². The highest BCUT2D eigenvalue weighted by Crippen LogP contribution is 2.36. The Bertz CT molecular complexity index is 4650. The second-order valence-corrected chi connectivity index (χ2v) is 32.0. The third kappa shape index (κ3) is 27.3. The van der Waals surface area contributed by atoms with Crippen LogP contribution in [0.15, 0.2) is 101 Å². The average Bonchev–Trinajstić information content (AvgIpc) is 1.57. The van der Waals surface area contributed by atoms with Crippen LogP contribution >= 0.6 is 35.3 Å². The molecule has 7 aromatic heterocycles. The first-order valence-corrected chi connectivity index (χ1v) is 40.8. The largest absolute Gasteiger partial charge is 0.383 e. The zero-order valence-corrected chi connectivity index (χ0v) is 68.8. The number of rotatable bonds is 24. The van der Waals surface area contributed by atoms with Gasteiger partial charge in [0.1, 0.15) is 65.2 Å². The molecule has 40 heteroatoms. The van der Waals surface area contributed by atoms with Crippen molar-refractivity contribution < 1.29 is 56.1 Å². The van der Waals surface area contributed by atoms with Crippen LogP contribution in [0, 0.1) is 18.6 Å². The number of hydrogen-bond acceptors (Lipinski definition) is 30. The van der Waals surface area contributed by atoms with Crippen molar-refractivity contribution in [1.29, 1.82) is 0 Å². The van der Waals surface area contributed by atoms with Crippen molar-refractivity contribution in [1.82, 2.24) is 67.3 Å². The van der Waals surface area contributed by atoms with Gasteiger partial charge in [0, 0.05) is 53.5 Å². The SMILES string of the molecule is CC(C)OC[C@@H]1CCC(n2ccc(N)nc2=O)O1.CC(C)OC[C@@H]1CCC(n2cnc3c(=O)[nH]cnc32)O1.CC(C)OC[C@@H]1OC(n2cc(F)c(N)nc2=O)CS1.CC[C@@H]1OC(n2cc(F)c(NC(C)C)nc2=O)CS1.CC[C@@H]1OC(n2ccc(NC(C)C)nc2=O)CS1.Cc1cn(C2C=C[C@@H](COC(C)C)O2)c(=O)[nH]c1=O. The number of imidazole rings is 1. The number of halogens is 2. The standard InChI is InChI=1S/C13H18N4O3.C13H18N2O4.C12H18FN3O2S.C12H19N3O3.C12H19N3O2S.C11H16FN3O3S/c1-8(2)19-5-9-3-4-10(20-9)17-7-16-11-12(17)14-6-15-13(11)18;1-8(2)18-7-10-4-5-11(19-10)15-6-9(3)12(16)14-13(15)17;1-4-10-18-9(6-19-10)16-5-8(13)11(14-7(2)3)15-12(16)17;1-8(2)17-7-9-3-4-11(18-9)15-6-5-10(13)14-12(15)16;1-4-11-17-10(7-18-11)15-6-5-9(13-8(2)3)14-12(15)16;1-6(2)17-4-9-18-8(5-19-9)15-3-7(12)10(13)14-11(15)16/h6-10H,3-5H2,1-2H3,(H,14,15,18);4-6,8,10-11H,7H2,1-3H3,(H,14,16,17);5,7,9-10H,4,6H2,1-3H3,(H,14,15,17);5-6,8-9,11H,3-4,7H2,1-2H3,(H2,13,14,16);5-6,8,10-11H,4,7H2,1-3H3,(H,13,14,16);3,6,8-9H,4-5H2,1-2H3,(H2,13,14,16)/t9-,10?;10-,11?;9?,10-;9-,11?;10?,11-;8?,9-/m001011/s1. The lowest BCUT2D eigenvalue weighted by molar-refractivity contribution is -0.0551. The minimum Gasteiger partial charge on any atom is -0.383 e. The Morgan fingerprint density at radius 1 is 0.531 bits per heavy atom. The Morgan fingerprint density at radius 2 is 1.04 bits per heavy atom. The highest BCUT2D eigenvalue weighted by atomic mass is 32.2. The van der Waals surface area contributed by atoms with Gasteiger partial charge in [-0.1, -0.05) is 19.9 Å². The molecular weight excluding hydrogens is 1540 g/mol. The second kappa shape index (κ2) is 43.6. The van der Waals surface area contributed by atoms with Crippen LogP contribution in [0.1, 0.15) is 178 Å². The van der Waals surface area contributed by atoms with Gasteiger partial charge in [-0.3, -0.25) is 42.0 Å². The first-order valence-electron chi connectivity index (χ1n) is 37.7. The molecule has 0 aliphatic carbocycles. The molecule has 0 saturated carbocycles. The third-order valence-corrected chi connectivity index (χ3v) is 20.6. The molecule has 7 aromatic rings. The van der Waals surface area contributed by atoms with Crippen LogP contribution in [0.25, 0.3) is 11.2 Å². The number of nitrogen functional groups attached to an aromatic ring is 2. The van der Waals surface area contributed by atoms with E-state index in [2.05, 4.69) is 57.4 Å². The van der Waals surface area contributed by atoms with Crippen LogP contribution in [0.5, 0.6) is 0 Å². The van der Waals surface area contributed by atoms with Crippen molar-refractivity contribution in [3.8, 4) is 0 Å². The van der Waals surface area contributed by atoms with E-state index >= 15 is 0 Å². The molecule has 0 bridgehead atoms. The molecule has 6 aliphatic heterocycles. The van der Waals surface area contributed by atoms with Gasteiger partial charge in [-0.05, 0) is 147 Å². The molecule has 12 atom stereocenters. The summed E-state index contributed by atoms with van der Waals surface area (Å²) in [7, 11) is 0. The van der Waals surface area contributed by atoms with E-state index in [0.717, 1.165) is 55.0 Å². The normalized spacial score (nSPS) is 23.1. The maximum absolute atomic E-state index is 13.9. The van der Waals surface area contributed by atoms with E-state index in [1.165, 1.54) is 44.2 Å². The molecule has 0 radical (unpaired) electrons. The molecule has 5 fully saturated rings. The summed E-state index contributed by atoms with van der Waals surface area (Å²) >= 11 is 4.89. The summed E-state index contributed by atoms with van der Waals surface area (Å²) in [6.45, 7) is 31.2. The van der Waals surface area contributed by atoms with Crippen LogP contribution in [-0.4, -0.2) is 182 Å². The Hall–Kier alpha value is -8.00. The Labute approximate surface area is 664 Å². The number of aryl methyl sites for hydroxylation is 1. The molecule has 13 rings (SSSR count). The number of nitrogens with two attached hydrogens (primary N) is 2. The van der Waals surface area contributed by atoms with E-state index in [1.54, 1.807) is 65.9 Å². The lowest BCUT2D eigenvalue weighted by Crippen LogP contribution is -2.33. The average molecular weight is 1640 g/mol. The fourth-order valence-corrected chi connectivity index (χ4v) is 14.5. The van der Waals surface area contributed by atoms with Crippen LogP contribution in [0.2, 0.25) is 0 Å². The van der Waals surface area contributed by atoms with Gasteiger partial charge in [0.05, 0.1) is 88.1 Å². The van der Waals surface area contributed by atoms with E-state index in [1.807, 2.05) is 107 Å². The molecule has 13 heterocycles. The summed E-state index contributed by atoms with van der Waals surface area (Å²) in [5, 5.41) is 5.92. The Balaban J connectivity index is 0.000000170. The highest BCUT2D eigenvalue weighted by molar-refractivity contribution is 8.00. The number of fused-ring (bicyclic) bond motifs is 1. The lowest BCUT2D eigenvalue weighted by Gasteiger charge is -2.17. The van der Waals surface area contributed by atoms with Gasteiger partial charge < -0.3 is 74.5 Å². The van der Waals surface area contributed by atoms with E-state index in [4.69, 9.17) is 58.8 Å². The van der Waals surface area contributed by atoms with Gasteiger partial charge in [0.25, 0.3) is 11.1 Å². The molecule has 113 heavy (non-hydrogen) atoms. The van der Waals surface area contributed by atoms with Crippen LogP contribution in [0.3, 0.4) is 0 Å². The number of H-pyrrole nitrogens is 2. The van der Waals surface area contributed by atoms with Gasteiger partial charge >= 0.3 is 28.4 Å². The number of ether oxygens (including phenoxy) is 10. The Morgan fingerprint density at radius 3 is 1.59 bits per heavy atom. The monoisotopic (exact) mass is 1640 g/mol. The second-order valence-electron chi connectivity index (χ2n) is 28.4. The highest BCUT2D eigenvalue weighted by Gasteiger charge is 2.33. The van der Waals surface area contributed by atoms with Gasteiger partial charge in [-0.25, -0.2) is 42.7 Å². The summed E-state index contributed by atoms with van der Waals surface area (Å²) in [6, 6.07) is 3.69. The first-order chi connectivity index (χ1) is 53.7. The zero-order valence-electron chi connectivity index (χ0n) is 66.4. The first kappa shape index (κ1) is 90.5. The minimum atomic E-state index is -0.727. The number of aromatic amines is 2. The maximum atomic E-state index is 13.9. The number of hydrogen-bond donors (Lipinski definition) is 6. The number of aromatic nitrogens is 14. The van der Waals surface area contributed by atoms with Crippen molar-refractivity contribution in [3.05, 3.63) is 158 Å². The molecule has 0 spiro atoms. The van der Waals surface area contributed by atoms with Crippen molar-refractivity contribution in [2.75, 3.05) is 65.8 Å². The van der Waals surface area contributed by atoms with Gasteiger partial charge in [0.2, 0.25) is 0 Å².